The zero-order valence-corrected chi connectivity index (χ0v) is 15.8. The van der Waals surface area contributed by atoms with Gasteiger partial charge in [0, 0.05) is 28.8 Å². The number of hydrogen-bond acceptors (Lipinski definition) is 6. The molecule has 0 aliphatic heterocycles. The molecule has 4 aromatic rings. The number of amides is 1. The fraction of sp³-hybridized carbons (Fsp3) is 0. The number of carbonyl (C=O) groups excluding carboxylic acids is 1. The number of nitrogens with one attached hydrogen (secondary N) is 1. The summed E-state index contributed by atoms with van der Waals surface area (Å²) in [5.41, 5.74) is 2.71. The first kappa shape index (κ1) is 18.5. The van der Waals surface area contributed by atoms with Crippen molar-refractivity contribution >= 4 is 28.6 Å². The van der Waals surface area contributed by atoms with Gasteiger partial charge in [-0.3, -0.25) is 14.9 Å². The topological polar surface area (TPSA) is 98.0 Å². The summed E-state index contributed by atoms with van der Waals surface area (Å²) in [7, 11) is 0. The Kier molecular flexibility index (Phi) is 5.08. The predicted molar refractivity (Wildman–Crippen MR) is 112 cm³/mol. The van der Waals surface area contributed by atoms with Gasteiger partial charge in [-0.2, -0.15) is 0 Å². The number of aromatic nitrogens is 2. The van der Waals surface area contributed by atoms with Gasteiger partial charge in [0.05, 0.1) is 10.6 Å². The highest BCUT2D eigenvalue weighted by Crippen LogP contribution is 2.34. The van der Waals surface area contributed by atoms with Crippen LogP contribution in [0.15, 0.2) is 78.9 Å². The molecule has 1 amide bonds. The number of nitro benzene ring substituents is 1. The SMILES string of the molecule is O=C(Nc1ccccc1-c1nnc(-c2ccc([N+](=O)[O-])cc2)s1)c1ccccc1. The second kappa shape index (κ2) is 7.99. The van der Waals surface area contributed by atoms with E-state index in [0.29, 0.717) is 21.3 Å². The lowest BCUT2D eigenvalue weighted by molar-refractivity contribution is -0.384. The van der Waals surface area contributed by atoms with E-state index in [2.05, 4.69) is 15.5 Å². The quantitative estimate of drug-likeness (QED) is 0.373. The van der Waals surface area contributed by atoms with Gasteiger partial charge in [0.15, 0.2) is 0 Å². The molecule has 142 valence electrons. The Bertz CT molecular complexity index is 1170. The van der Waals surface area contributed by atoms with Gasteiger partial charge in [-0.1, -0.05) is 41.7 Å². The number of para-hydroxylation sites is 1. The van der Waals surface area contributed by atoms with Crippen LogP contribution in [0.4, 0.5) is 11.4 Å². The molecule has 0 bridgehead atoms. The van der Waals surface area contributed by atoms with Gasteiger partial charge in [-0.25, -0.2) is 0 Å². The summed E-state index contributed by atoms with van der Waals surface area (Å²) in [6.45, 7) is 0. The Morgan fingerprint density at radius 3 is 2.24 bits per heavy atom. The molecular formula is C21H14N4O3S. The first-order chi connectivity index (χ1) is 14.1. The number of carbonyl (C=O) groups is 1. The second-order valence-electron chi connectivity index (χ2n) is 6.08. The van der Waals surface area contributed by atoms with E-state index in [9.17, 15) is 14.9 Å². The summed E-state index contributed by atoms with van der Waals surface area (Å²) in [5, 5.41) is 23.5. The lowest BCUT2D eigenvalue weighted by atomic mass is 10.1. The Hall–Kier alpha value is -3.91. The van der Waals surface area contributed by atoms with Crippen molar-refractivity contribution in [1.82, 2.24) is 10.2 Å². The van der Waals surface area contributed by atoms with Crippen molar-refractivity contribution in [2.75, 3.05) is 5.32 Å². The monoisotopic (exact) mass is 402 g/mol. The van der Waals surface area contributed by atoms with E-state index >= 15 is 0 Å². The first-order valence-electron chi connectivity index (χ1n) is 8.66. The van der Waals surface area contributed by atoms with Crippen LogP contribution >= 0.6 is 11.3 Å². The van der Waals surface area contributed by atoms with E-state index in [4.69, 9.17) is 0 Å². The molecule has 29 heavy (non-hydrogen) atoms. The number of rotatable bonds is 5. The van der Waals surface area contributed by atoms with Crippen LogP contribution in [0.1, 0.15) is 10.4 Å². The summed E-state index contributed by atoms with van der Waals surface area (Å²) < 4.78 is 0. The maximum absolute atomic E-state index is 12.5. The highest BCUT2D eigenvalue weighted by Gasteiger charge is 2.15. The number of nitrogens with zero attached hydrogens (tertiary/aromatic N) is 3. The van der Waals surface area contributed by atoms with Crippen LogP contribution in [0.5, 0.6) is 0 Å². The van der Waals surface area contributed by atoms with E-state index < -0.39 is 4.92 Å². The zero-order chi connectivity index (χ0) is 20.2. The van der Waals surface area contributed by atoms with Crippen LogP contribution in [0.25, 0.3) is 21.1 Å². The number of nitro groups is 1. The number of benzene rings is 3. The van der Waals surface area contributed by atoms with Crippen molar-refractivity contribution in [2.45, 2.75) is 0 Å². The molecule has 7 nitrogen and oxygen atoms in total. The number of hydrogen-bond donors (Lipinski definition) is 1. The third kappa shape index (κ3) is 4.02. The highest BCUT2D eigenvalue weighted by atomic mass is 32.1. The number of non-ortho nitro benzene ring substituents is 1. The molecule has 0 radical (unpaired) electrons. The molecule has 3 aromatic carbocycles. The van der Waals surface area contributed by atoms with E-state index in [1.54, 1.807) is 24.3 Å². The van der Waals surface area contributed by atoms with E-state index in [1.807, 2.05) is 42.5 Å². The standard InChI is InChI=1S/C21H14N4O3S/c26-19(14-6-2-1-3-7-14)22-18-9-5-4-8-17(18)21-24-23-20(29-21)15-10-12-16(13-11-15)25(27)28/h1-13H,(H,22,26). The Morgan fingerprint density at radius 2 is 1.52 bits per heavy atom. The third-order valence-electron chi connectivity index (χ3n) is 4.19. The maximum atomic E-state index is 12.5. The van der Waals surface area contributed by atoms with Gasteiger partial charge < -0.3 is 5.32 Å². The maximum Gasteiger partial charge on any atom is 0.269 e. The van der Waals surface area contributed by atoms with Crippen LogP contribution < -0.4 is 5.32 Å². The van der Waals surface area contributed by atoms with E-state index in [-0.39, 0.29) is 11.6 Å². The Morgan fingerprint density at radius 1 is 0.862 bits per heavy atom. The van der Waals surface area contributed by atoms with Crippen molar-refractivity contribution < 1.29 is 9.72 Å². The first-order valence-corrected chi connectivity index (χ1v) is 9.47. The van der Waals surface area contributed by atoms with Crippen LogP contribution in [0.3, 0.4) is 0 Å². The van der Waals surface area contributed by atoms with Crippen molar-refractivity contribution in [1.29, 1.82) is 0 Å². The van der Waals surface area contributed by atoms with Crippen LogP contribution in [-0.4, -0.2) is 21.0 Å². The molecular weight excluding hydrogens is 388 g/mol. The lowest BCUT2D eigenvalue weighted by Gasteiger charge is -2.09. The molecule has 0 aliphatic carbocycles. The average Bonchev–Trinajstić information content (AvgIpc) is 3.25. The number of anilines is 1. The van der Waals surface area contributed by atoms with Gasteiger partial charge in [0.1, 0.15) is 10.0 Å². The summed E-state index contributed by atoms with van der Waals surface area (Å²) in [6.07, 6.45) is 0. The smallest absolute Gasteiger partial charge is 0.269 e. The molecule has 0 aliphatic rings. The highest BCUT2D eigenvalue weighted by molar-refractivity contribution is 7.18. The summed E-state index contributed by atoms with van der Waals surface area (Å²) >= 11 is 1.35. The third-order valence-corrected chi connectivity index (χ3v) is 5.20. The molecule has 4 rings (SSSR count). The molecule has 0 unspecified atom stereocenters. The largest absolute Gasteiger partial charge is 0.321 e. The van der Waals surface area contributed by atoms with Crippen molar-refractivity contribution in [2.24, 2.45) is 0 Å². The summed E-state index contributed by atoms with van der Waals surface area (Å²) in [4.78, 5) is 22.9. The minimum atomic E-state index is -0.443. The van der Waals surface area contributed by atoms with Crippen LogP contribution in [-0.2, 0) is 0 Å². The molecule has 1 N–H and O–H groups in total. The fourth-order valence-corrected chi connectivity index (χ4v) is 3.63. The summed E-state index contributed by atoms with van der Waals surface area (Å²) in [6, 6.07) is 22.5. The van der Waals surface area contributed by atoms with Crippen molar-refractivity contribution in [3.63, 3.8) is 0 Å². The minimum Gasteiger partial charge on any atom is -0.321 e. The van der Waals surface area contributed by atoms with Crippen LogP contribution in [0.2, 0.25) is 0 Å². The minimum absolute atomic E-state index is 0.0208. The fourth-order valence-electron chi connectivity index (χ4n) is 2.74. The van der Waals surface area contributed by atoms with Crippen LogP contribution in [0, 0.1) is 10.1 Å². The molecule has 0 saturated heterocycles. The van der Waals surface area contributed by atoms with Gasteiger partial charge in [0.2, 0.25) is 0 Å². The van der Waals surface area contributed by atoms with Gasteiger partial charge in [-0.15, -0.1) is 10.2 Å². The molecule has 0 atom stereocenters. The predicted octanol–water partition coefficient (Wildman–Crippen LogP) is 5.03. The second-order valence-corrected chi connectivity index (χ2v) is 7.06. The Labute approximate surface area is 169 Å². The zero-order valence-electron chi connectivity index (χ0n) is 15.0. The summed E-state index contributed by atoms with van der Waals surface area (Å²) in [5.74, 6) is -0.210. The van der Waals surface area contributed by atoms with Crippen molar-refractivity contribution in [3.8, 4) is 21.1 Å². The van der Waals surface area contributed by atoms with E-state index in [1.165, 1.54) is 23.5 Å². The van der Waals surface area contributed by atoms with E-state index in [0.717, 1.165) is 11.1 Å². The molecule has 1 aromatic heterocycles. The molecule has 0 fully saturated rings. The Balaban J connectivity index is 1.61. The lowest BCUT2D eigenvalue weighted by Crippen LogP contribution is -2.12. The molecule has 0 saturated carbocycles. The molecule has 0 spiro atoms. The average molecular weight is 402 g/mol. The van der Waals surface area contributed by atoms with Gasteiger partial charge >= 0.3 is 0 Å². The molecule has 1 heterocycles. The van der Waals surface area contributed by atoms with Gasteiger partial charge in [0.25, 0.3) is 11.6 Å². The normalized spacial score (nSPS) is 10.5. The van der Waals surface area contributed by atoms with Gasteiger partial charge in [-0.05, 0) is 36.4 Å². The van der Waals surface area contributed by atoms with Crippen molar-refractivity contribution in [3.05, 3.63) is 94.5 Å². The molecule has 8 heteroatoms.